The van der Waals surface area contributed by atoms with E-state index in [2.05, 4.69) is 9.80 Å². The van der Waals surface area contributed by atoms with Gasteiger partial charge in [-0.25, -0.2) is 4.39 Å². The number of nitrogens with zero attached hydrogens (tertiary/aromatic N) is 3. The second-order valence-corrected chi connectivity index (χ2v) is 10.4. The summed E-state index contributed by atoms with van der Waals surface area (Å²) in [6.45, 7) is 1.69. The normalized spacial score (nSPS) is 19.9. The molecule has 1 unspecified atom stereocenters. The molecule has 3 rings (SSSR count). The Hall–Kier alpha value is -1.71. The number of hydrogen-bond acceptors (Lipinski definition) is 4. The number of likely N-dealkylation sites (tertiary alicyclic amines) is 1. The number of hydrogen-bond donors (Lipinski definition) is 0. The molecule has 3 atom stereocenters. The van der Waals surface area contributed by atoms with Crippen molar-refractivity contribution in [2.75, 3.05) is 34.2 Å². The number of unbranched alkanes of at least 4 members (excludes halogenated alkanes) is 1. The van der Waals surface area contributed by atoms with Gasteiger partial charge in [-0.05, 0) is 69.4 Å². The molecule has 2 aromatic carbocycles. The van der Waals surface area contributed by atoms with Crippen LogP contribution in [0, 0.1) is 5.82 Å². The van der Waals surface area contributed by atoms with Crippen LogP contribution in [0.5, 0.6) is 0 Å². The number of likely N-dealkylation sites (N-methyl/N-ethyl adjacent to an activating group) is 1. The maximum absolute atomic E-state index is 14.2. The Labute approximate surface area is 219 Å². The van der Waals surface area contributed by atoms with Gasteiger partial charge in [-0.3, -0.25) is 14.7 Å². The van der Waals surface area contributed by atoms with Crippen LogP contribution < -0.4 is 0 Å². The zero-order valence-corrected chi connectivity index (χ0v) is 22.0. The molecule has 0 N–H and O–H groups in total. The number of alkyl halides is 3. The average molecular weight is 548 g/mol. The van der Waals surface area contributed by atoms with Gasteiger partial charge in [-0.15, -0.1) is 0 Å². The summed E-state index contributed by atoms with van der Waals surface area (Å²) in [6, 6.07) is 8.63. The van der Waals surface area contributed by atoms with Gasteiger partial charge < -0.3 is 4.79 Å². The Morgan fingerprint density at radius 3 is 2.39 bits per heavy atom. The van der Waals surface area contributed by atoms with E-state index in [1.807, 2.05) is 38.2 Å². The first kappa shape index (κ1) is 28.9. The summed E-state index contributed by atoms with van der Waals surface area (Å²) in [5.41, 5.74) is 0.205. The van der Waals surface area contributed by atoms with Crippen molar-refractivity contribution in [3.8, 4) is 0 Å². The summed E-state index contributed by atoms with van der Waals surface area (Å²) in [5.74, 6) is -1.23. The molecule has 1 aliphatic rings. The van der Waals surface area contributed by atoms with Crippen molar-refractivity contribution in [1.29, 1.82) is 0 Å². The van der Waals surface area contributed by atoms with Crippen molar-refractivity contribution in [3.63, 3.8) is 0 Å². The summed E-state index contributed by atoms with van der Waals surface area (Å²) in [7, 11) is 5.90. The van der Waals surface area contributed by atoms with Crippen LogP contribution in [0.15, 0.2) is 36.4 Å². The minimum Gasteiger partial charge on any atom is -0.303 e. The van der Waals surface area contributed by atoms with E-state index in [9.17, 15) is 22.4 Å². The molecular formula is C26H31Cl2F4N3O. The third-order valence-corrected chi connectivity index (χ3v) is 7.57. The van der Waals surface area contributed by atoms with Crippen molar-refractivity contribution < 1.29 is 22.4 Å². The average Bonchev–Trinajstić information content (AvgIpc) is 3.22. The predicted octanol–water partition coefficient (Wildman–Crippen LogP) is 6.31. The summed E-state index contributed by atoms with van der Waals surface area (Å²) < 4.78 is 53.2. The van der Waals surface area contributed by atoms with E-state index in [-0.39, 0.29) is 24.7 Å². The highest BCUT2D eigenvalue weighted by Gasteiger charge is 2.40. The molecule has 0 radical (unpaired) electrons. The van der Waals surface area contributed by atoms with E-state index in [1.54, 1.807) is 6.07 Å². The zero-order valence-electron chi connectivity index (χ0n) is 20.5. The second kappa shape index (κ2) is 12.2. The molecule has 1 saturated heterocycles. The lowest BCUT2D eigenvalue weighted by Gasteiger charge is -2.34. The Balaban J connectivity index is 1.87. The van der Waals surface area contributed by atoms with E-state index in [0.29, 0.717) is 28.6 Å². The Bertz CT molecular complexity index is 1050. The fourth-order valence-electron chi connectivity index (χ4n) is 5.02. The molecule has 0 spiro atoms. The van der Waals surface area contributed by atoms with Gasteiger partial charge in [0.05, 0.1) is 21.8 Å². The Morgan fingerprint density at radius 2 is 1.81 bits per heavy atom. The van der Waals surface area contributed by atoms with Gasteiger partial charge in [0.15, 0.2) is 0 Å². The van der Waals surface area contributed by atoms with Gasteiger partial charge in [0.2, 0.25) is 0 Å². The van der Waals surface area contributed by atoms with Crippen molar-refractivity contribution in [2.45, 2.75) is 50.1 Å². The van der Waals surface area contributed by atoms with Crippen LogP contribution in [0.3, 0.4) is 0 Å². The van der Waals surface area contributed by atoms with Gasteiger partial charge in [-0.2, -0.15) is 13.2 Å². The van der Waals surface area contributed by atoms with E-state index in [1.165, 1.54) is 6.07 Å². The molecule has 36 heavy (non-hydrogen) atoms. The minimum atomic E-state index is -4.73. The van der Waals surface area contributed by atoms with Gasteiger partial charge in [0.1, 0.15) is 12.1 Å². The van der Waals surface area contributed by atoms with Gasteiger partial charge >= 0.3 is 6.18 Å². The lowest BCUT2D eigenvalue weighted by Crippen LogP contribution is -2.45. The molecule has 198 valence electrons. The van der Waals surface area contributed by atoms with Crippen molar-refractivity contribution in [3.05, 3.63) is 69.0 Å². The van der Waals surface area contributed by atoms with Crippen LogP contribution in [0.1, 0.15) is 41.9 Å². The maximum atomic E-state index is 14.2. The summed E-state index contributed by atoms with van der Waals surface area (Å²) in [5, 5.41) is 0.911. The van der Waals surface area contributed by atoms with Crippen molar-refractivity contribution in [2.24, 2.45) is 0 Å². The molecule has 0 aliphatic carbocycles. The first-order valence-electron chi connectivity index (χ1n) is 11.8. The van der Waals surface area contributed by atoms with Crippen LogP contribution in [-0.2, 0) is 17.5 Å². The van der Waals surface area contributed by atoms with Crippen LogP contribution in [0.4, 0.5) is 17.6 Å². The van der Waals surface area contributed by atoms with E-state index < -0.39 is 17.6 Å². The van der Waals surface area contributed by atoms with E-state index in [4.69, 9.17) is 23.2 Å². The summed E-state index contributed by atoms with van der Waals surface area (Å²) in [4.78, 5) is 17.4. The molecule has 1 heterocycles. The largest absolute Gasteiger partial charge is 0.419 e. The molecule has 0 aromatic heterocycles. The second-order valence-electron chi connectivity index (χ2n) is 9.57. The van der Waals surface area contributed by atoms with Gasteiger partial charge in [0.25, 0.3) is 0 Å². The summed E-state index contributed by atoms with van der Waals surface area (Å²) >= 11 is 12.5. The third-order valence-electron chi connectivity index (χ3n) is 6.83. The van der Waals surface area contributed by atoms with Gasteiger partial charge in [0, 0.05) is 38.0 Å². The lowest BCUT2D eigenvalue weighted by atomic mass is 9.93. The molecule has 2 aromatic rings. The quantitative estimate of drug-likeness (QED) is 0.198. The van der Waals surface area contributed by atoms with Crippen LogP contribution in [0.2, 0.25) is 10.0 Å². The molecule has 10 heteroatoms. The number of rotatable bonds is 10. The van der Waals surface area contributed by atoms with Crippen molar-refractivity contribution in [1.82, 2.24) is 14.7 Å². The highest BCUT2D eigenvalue weighted by Crippen LogP contribution is 2.37. The standard InChI is InChI=1S/C26H31Cl2F4N3O/c1-33(2)25(6-4-5-11-36)35-15-19(18-8-10-21(27)22(28)13-18)24(16-35)34(3)14-17-7-9-20(23(29)12-17)26(30,31)32/h7-13,19,24-25H,4-6,14-16H2,1-3H3/t19-,24-,25?/m1/s1. The van der Waals surface area contributed by atoms with Crippen LogP contribution >= 0.6 is 23.2 Å². The fourth-order valence-corrected chi connectivity index (χ4v) is 5.33. The molecule has 0 saturated carbocycles. The molecule has 0 bridgehead atoms. The predicted molar refractivity (Wildman–Crippen MR) is 135 cm³/mol. The monoisotopic (exact) mass is 547 g/mol. The smallest absolute Gasteiger partial charge is 0.303 e. The Kier molecular flexibility index (Phi) is 9.80. The SMILES string of the molecule is CN(C)C(CCCC=O)N1C[C@H](c2ccc(Cl)c(Cl)c2)[C@H](N(C)Cc2ccc(C(F)(F)F)c(F)c2)C1. The third kappa shape index (κ3) is 6.98. The molecule has 4 nitrogen and oxygen atoms in total. The number of benzene rings is 2. The number of carbonyl (C=O) groups is 1. The first-order chi connectivity index (χ1) is 16.9. The van der Waals surface area contributed by atoms with Crippen LogP contribution in [-0.4, -0.2) is 67.4 Å². The minimum absolute atomic E-state index is 0.0129. The van der Waals surface area contributed by atoms with Gasteiger partial charge in [-0.1, -0.05) is 35.3 Å². The Morgan fingerprint density at radius 1 is 1.08 bits per heavy atom. The lowest BCUT2D eigenvalue weighted by molar-refractivity contribution is -0.140. The zero-order chi connectivity index (χ0) is 26.6. The molecule has 1 fully saturated rings. The topological polar surface area (TPSA) is 26.8 Å². The number of aldehydes is 1. The number of halogens is 6. The molecular weight excluding hydrogens is 517 g/mol. The highest BCUT2D eigenvalue weighted by molar-refractivity contribution is 6.42. The van der Waals surface area contributed by atoms with E-state index in [0.717, 1.165) is 43.4 Å². The highest BCUT2D eigenvalue weighted by atomic mass is 35.5. The maximum Gasteiger partial charge on any atom is 0.419 e. The van der Waals surface area contributed by atoms with Crippen molar-refractivity contribution >= 4 is 29.5 Å². The molecule has 1 aliphatic heterocycles. The van der Waals surface area contributed by atoms with E-state index >= 15 is 0 Å². The fraction of sp³-hybridized carbons (Fsp3) is 0.500. The van der Waals surface area contributed by atoms with Crippen LogP contribution in [0.25, 0.3) is 0 Å². The summed E-state index contributed by atoms with van der Waals surface area (Å²) in [6.07, 6.45) is -1.61. The molecule has 0 amide bonds. The number of carbonyl (C=O) groups excluding carboxylic acids is 1. The first-order valence-corrected chi connectivity index (χ1v) is 12.5.